The lowest BCUT2D eigenvalue weighted by molar-refractivity contribution is -0.122. The minimum absolute atomic E-state index is 0.0822. The topological polar surface area (TPSA) is 68.2 Å². The van der Waals surface area contributed by atoms with Crippen molar-refractivity contribution >= 4 is 35.2 Å². The minimum Gasteiger partial charge on any atom is -0.352 e. The van der Waals surface area contributed by atoms with Gasteiger partial charge in [0.1, 0.15) is 17.0 Å². The molecule has 0 spiro atoms. The molecule has 0 aliphatic heterocycles. The molecule has 31 heavy (non-hydrogen) atoms. The Hall–Kier alpha value is -3.32. The Morgan fingerprint density at radius 3 is 2.58 bits per heavy atom. The molecule has 3 rings (SSSR count). The number of carbonyl (C=O) groups is 2. The molecule has 0 radical (unpaired) electrons. The van der Waals surface area contributed by atoms with Gasteiger partial charge in [-0.15, -0.1) is 11.3 Å². The third-order valence-electron chi connectivity index (χ3n) is 4.50. The van der Waals surface area contributed by atoms with Crippen LogP contribution in [0.15, 0.2) is 53.3 Å². The molecule has 1 N–H and O–H groups in total. The molecule has 0 bridgehead atoms. The van der Waals surface area contributed by atoms with Crippen LogP contribution in [0.4, 0.5) is 4.39 Å². The maximum atomic E-state index is 13.5. The normalized spacial score (nSPS) is 12.4. The first-order valence-electron chi connectivity index (χ1n) is 9.82. The fourth-order valence-electron chi connectivity index (χ4n) is 3.09. The smallest absolute Gasteiger partial charge is 0.269 e. The molecule has 0 fully saturated rings. The fraction of sp³-hybridized carbons (Fsp3) is 0.208. The van der Waals surface area contributed by atoms with Gasteiger partial charge in [-0.2, -0.15) is 0 Å². The molecule has 160 valence electrons. The summed E-state index contributed by atoms with van der Waals surface area (Å²) in [6.07, 6.45) is 2.93. The molecule has 1 amide bonds. The highest BCUT2D eigenvalue weighted by atomic mass is 32.1. The summed E-state index contributed by atoms with van der Waals surface area (Å²) >= 11 is 1.09. The summed E-state index contributed by atoms with van der Waals surface area (Å²) in [6, 6.07) is 13.0. The van der Waals surface area contributed by atoms with Gasteiger partial charge >= 0.3 is 0 Å². The molecule has 0 atom stereocenters. The quantitative estimate of drug-likeness (QED) is 0.601. The van der Waals surface area contributed by atoms with Crippen molar-refractivity contribution in [3.05, 3.63) is 90.6 Å². The summed E-state index contributed by atoms with van der Waals surface area (Å²) < 4.78 is 15.5. The van der Waals surface area contributed by atoms with Crippen molar-refractivity contribution in [2.75, 3.05) is 0 Å². The van der Waals surface area contributed by atoms with Gasteiger partial charge in [-0.3, -0.25) is 19.0 Å². The molecule has 0 aliphatic carbocycles. The molecule has 7 heteroatoms. The number of hydrogen-bond acceptors (Lipinski definition) is 4. The van der Waals surface area contributed by atoms with Gasteiger partial charge in [0.15, 0.2) is 5.78 Å². The van der Waals surface area contributed by atoms with E-state index in [0.29, 0.717) is 20.3 Å². The zero-order chi connectivity index (χ0) is 22.5. The number of aryl methyl sites for hydroxylation is 1. The van der Waals surface area contributed by atoms with E-state index in [0.717, 1.165) is 16.9 Å². The highest BCUT2D eigenvalue weighted by molar-refractivity contribution is 7.07. The lowest BCUT2D eigenvalue weighted by Crippen LogP contribution is -2.40. The van der Waals surface area contributed by atoms with Crippen LogP contribution in [-0.2, 0) is 11.3 Å². The Labute approximate surface area is 183 Å². The molecule has 0 unspecified atom stereocenters. The van der Waals surface area contributed by atoms with Crippen molar-refractivity contribution in [1.29, 1.82) is 0 Å². The molecular formula is C24H23FN2O3S. The zero-order valence-electron chi connectivity index (χ0n) is 17.5. The number of rotatable bonds is 6. The molecule has 3 aromatic rings. The third kappa shape index (κ3) is 5.64. The highest BCUT2D eigenvalue weighted by Crippen LogP contribution is 2.08. The van der Waals surface area contributed by atoms with Crippen LogP contribution in [0.5, 0.6) is 0 Å². The van der Waals surface area contributed by atoms with Gasteiger partial charge in [-0.25, -0.2) is 4.39 Å². The van der Waals surface area contributed by atoms with Crippen LogP contribution < -0.4 is 20.1 Å². The predicted octanol–water partition coefficient (Wildman–Crippen LogP) is 2.37. The van der Waals surface area contributed by atoms with Crippen molar-refractivity contribution in [1.82, 2.24) is 9.88 Å². The maximum Gasteiger partial charge on any atom is 0.269 e. The van der Waals surface area contributed by atoms with Gasteiger partial charge in [0.25, 0.3) is 5.56 Å². The second-order valence-corrected chi connectivity index (χ2v) is 8.50. The van der Waals surface area contributed by atoms with Crippen molar-refractivity contribution in [2.45, 2.75) is 33.4 Å². The number of nitrogens with one attached hydrogen (secondary N) is 1. The zero-order valence-corrected chi connectivity index (χ0v) is 18.3. The number of ketones is 1. The number of amides is 1. The van der Waals surface area contributed by atoms with Gasteiger partial charge < -0.3 is 5.32 Å². The number of thiazole rings is 1. The van der Waals surface area contributed by atoms with E-state index in [1.165, 1.54) is 22.8 Å². The van der Waals surface area contributed by atoms with Crippen molar-refractivity contribution in [3.8, 4) is 0 Å². The molecule has 1 heterocycles. The van der Waals surface area contributed by atoms with Crippen molar-refractivity contribution in [2.24, 2.45) is 0 Å². The van der Waals surface area contributed by atoms with Crippen LogP contribution in [0.1, 0.15) is 35.3 Å². The molecular weight excluding hydrogens is 415 g/mol. The van der Waals surface area contributed by atoms with E-state index in [-0.39, 0.29) is 24.3 Å². The Morgan fingerprint density at radius 1 is 1.16 bits per heavy atom. The standard InChI is InChI=1S/C24H23FN2O3S/c1-15(2)26-22(29)14-27-23(13-20(28)19-10-5-4-7-16(19)3)31-21(24(27)30)12-17-8-6-9-18(25)11-17/h4-13,15H,14H2,1-3H3,(H,26,29)/b21-12+,23-13-. The lowest BCUT2D eigenvalue weighted by atomic mass is 10.1. The summed E-state index contributed by atoms with van der Waals surface area (Å²) in [5.74, 6) is -0.997. The number of halogens is 1. The number of carbonyl (C=O) groups excluding carboxylic acids is 2. The van der Waals surface area contributed by atoms with Crippen LogP contribution in [0.2, 0.25) is 0 Å². The van der Waals surface area contributed by atoms with E-state index in [9.17, 15) is 18.8 Å². The number of Topliss-reactive ketones (excluding diaryl/α,β-unsaturated/α-hetero) is 1. The van der Waals surface area contributed by atoms with E-state index < -0.39 is 11.4 Å². The maximum absolute atomic E-state index is 13.5. The first kappa shape index (κ1) is 22.4. The molecule has 0 aliphatic rings. The summed E-state index contributed by atoms with van der Waals surface area (Å²) in [4.78, 5) is 38.2. The van der Waals surface area contributed by atoms with Gasteiger partial charge in [-0.1, -0.05) is 36.4 Å². The average Bonchev–Trinajstić information content (AvgIpc) is 2.96. The van der Waals surface area contributed by atoms with E-state index in [1.54, 1.807) is 30.3 Å². The van der Waals surface area contributed by atoms with E-state index in [1.807, 2.05) is 32.9 Å². The first-order valence-corrected chi connectivity index (χ1v) is 10.6. The van der Waals surface area contributed by atoms with Gasteiger partial charge in [-0.05, 0) is 50.1 Å². The fourth-order valence-corrected chi connectivity index (χ4v) is 4.13. The summed E-state index contributed by atoms with van der Waals surface area (Å²) in [5.41, 5.74) is 1.46. The predicted molar refractivity (Wildman–Crippen MR) is 121 cm³/mol. The molecule has 5 nitrogen and oxygen atoms in total. The minimum atomic E-state index is -0.413. The van der Waals surface area contributed by atoms with Crippen LogP contribution in [0.3, 0.4) is 0 Å². The largest absolute Gasteiger partial charge is 0.352 e. The average molecular weight is 439 g/mol. The second-order valence-electron chi connectivity index (χ2n) is 7.44. The Bertz CT molecular complexity index is 1300. The molecule has 0 saturated carbocycles. The molecule has 2 aromatic carbocycles. The summed E-state index contributed by atoms with van der Waals surface area (Å²) in [5, 5.41) is 2.75. The van der Waals surface area contributed by atoms with Crippen molar-refractivity contribution in [3.63, 3.8) is 0 Å². The van der Waals surface area contributed by atoms with Crippen LogP contribution >= 0.6 is 11.3 Å². The lowest BCUT2D eigenvalue weighted by Gasteiger charge is -2.08. The number of hydrogen-bond donors (Lipinski definition) is 1. The Kier molecular flexibility index (Phi) is 6.97. The van der Waals surface area contributed by atoms with Crippen LogP contribution in [0, 0.1) is 12.7 Å². The Balaban J connectivity index is 2.14. The van der Waals surface area contributed by atoms with E-state index >= 15 is 0 Å². The van der Waals surface area contributed by atoms with Crippen LogP contribution in [-0.4, -0.2) is 22.3 Å². The van der Waals surface area contributed by atoms with Gasteiger partial charge in [0.2, 0.25) is 5.91 Å². The number of benzene rings is 2. The van der Waals surface area contributed by atoms with Gasteiger partial charge in [0.05, 0.1) is 4.53 Å². The summed E-state index contributed by atoms with van der Waals surface area (Å²) in [7, 11) is 0. The SMILES string of the molecule is Cc1ccccc1C(=O)/C=c1\s/c(=C/c2cccc(F)c2)c(=O)n1CC(=O)NC(C)C. The van der Waals surface area contributed by atoms with E-state index in [2.05, 4.69) is 5.32 Å². The molecule has 1 aromatic heterocycles. The number of aromatic nitrogens is 1. The second kappa shape index (κ2) is 9.66. The number of nitrogens with zero attached hydrogens (tertiary/aromatic N) is 1. The Morgan fingerprint density at radius 2 is 1.90 bits per heavy atom. The van der Waals surface area contributed by atoms with Crippen LogP contribution in [0.25, 0.3) is 12.2 Å². The molecule has 0 saturated heterocycles. The van der Waals surface area contributed by atoms with Crippen molar-refractivity contribution < 1.29 is 14.0 Å². The summed E-state index contributed by atoms with van der Waals surface area (Å²) in [6.45, 7) is 5.28. The van der Waals surface area contributed by atoms with E-state index in [4.69, 9.17) is 0 Å². The highest BCUT2D eigenvalue weighted by Gasteiger charge is 2.13. The monoisotopic (exact) mass is 438 g/mol. The third-order valence-corrected chi connectivity index (χ3v) is 5.56. The van der Waals surface area contributed by atoms with Gasteiger partial charge in [0, 0.05) is 17.7 Å². The first-order chi connectivity index (χ1) is 14.7.